The molecule has 1 aliphatic rings. The summed E-state index contributed by atoms with van der Waals surface area (Å²) in [7, 11) is -1.19. The summed E-state index contributed by atoms with van der Waals surface area (Å²) in [6.07, 6.45) is -0.0445. The van der Waals surface area contributed by atoms with Crippen LogP contribution in [0.15, 0.2) is 18.2 Å². The third-order valence-corrected chi connectivity index (χ3v) is 2.91. The Morgan fingerprint density at radius 2 is 2.30 bits per heavy atom. The quantitative estimate of drug-likeness (QED) is 0.328. The molecule has 0 spiro atoms. The average molecular weight is 303 g/mol. The van der Waals surface area contributed by atoms with Gasteiger partial charge in [0.05, 0.1) is 6.61 Å². The maximum absolute atomic E-state index is 10.6. The van der Waals surface area contributed by atoms with Crippen molar-refractivity contribution in [1.82, 2.24) is 0 Å². The van der Waals surface area contributed by atoms with E-state index in [9.17, 15) is 15.1 Å². The number of halogens is 1. The zero-order chi connectivity index (χ0) is 13.8. The minimum absolute atomic E-state index is 0. The molecule has 0 saturated heterocycles. The maximum atomic E-state index is 10.6. The lowest BCUT2D eigenvalue weighted by atomic mass is 9.78. The van der Waals surface area contributed by atoms with E-state index in [2.05, 4.69) is 0 Å². The molecule has 1 aromatic carbocycles. The highest BCUT2D eigenvalue weighted by Crippen LogP contribution is 2.27. The molecule has 3 N–H and O–H groups in total. The van der Waals surface area contributed by atoms with Crippen LogP contribution in [-0.2, 0) is 4.65 Å². The van der Waals surface area contributed by atoms with Crippen LogP contribution in [0.3, 0.4) is 0 Å². The molecular formula is C11H16BClN2O5. The fourth-order valence-corrected chi connectivity index (χ4v) is 2.07. The normalized spacial score (nSPS) is 16.5. The number of hydrogen-bond donors (Lipinski definition) is 2. The van der Waals surface area contributed by atoms with Crippen LogP contribution in [0.5, 0.6) is 5.75 Å². The van der Waals surface area contributed by atoms with Gasteiger partial charge in [0.1, 0.15) is 11.9 Å². The zero-order valence-electron chi connectivity index (χ0n) is 10.7. The van der Waals surface area contributed by atoms with Crippen LogP contribution in [0.1, 0.15) is 18.1 Å². The maximum Gasteiger partial charge on any atom is 0.496 e. The first-order valence-corrected chi connectivity index (χ1v) is 6.04. The zero-order valence-corrected chi connectivity index (χ0v) is 11.5. The highest BCUT2D eigenvalue weighted by molar-refractivity contribution is 6.62. The lowest BCUT2D eigenvalue weighted by molar-refractivity contribution is -0.490. The van der Waals surface area contributed by atoms with E-state index in [4.69, 9.17) is 15.1 Å². The number of fused-ring (bicyclic) bond motifs is 1. The lowest BCUT2D eigenvalue weighted by Gasteiger charge is -2.10. The van der Waals surface area contributed by atoms with Crippen molar-refractivity contribution in [2.45, 2.75) is 12.5 Å². The van der Waals surface area contributed by atoms with Crippen molar-refractivity contribution in [1.29, 1.82) is 0 Å². The number of benzene rings is 1. The molecule has 0 saturated carbocycles. The fourth-order valence-electron chi connectivity index (χ4n) is 2.07. The SMILES string of the molecule is Cl.NCCCOc1cccc2c1B(O)O[C@@H]2C[N+](=O)[O-]. The molecule has 0 bridgehead atoms. The molecule has 1 aliphatic heterocycles. The monoisotopic (exact) mass is 302 g/mol. The number of nitrogens with zero attached hydrogens (tertiary/aromatic N) is 1. The van der Waals surface area contributed by atoms with Crippen LogP contribution in [0.4, 0.5) is 0 Å². The summed E-state index contributed by atoms with van der Waals surface area (Å²) in [5, 5.41) is 20.4. The van der Waals surface area contributed by atoms with Crippen LogP contribution in [0.2, 0.25) is 0 Å². The van der Waals surface area contributed by atoms with Gasteiger partial charge in [0, 0.05) is 10.4 Å². The molecule has 20 heavy (non-hydrogen) atoms. The number of nitrogens with two attached hydrogens (primary N) is 1. The molecule has 0 amide bonds. The van der Waals surface area contributed by atoms with Crippen molar-refractivity contribution in [2.75, 3.05) is 19.7 Å². The molecule has 0 fully saturated rings. The number of nitro groups is 1. The predicted molar refractivity (Wildman–Crippen MR) is 76.2 cm³/mol. The molecule has 110 valence electrons. The minimum atomic E-state index is -1.19. The van der Waals surface area contributed by atoms with E-state index >= 15 is 0 Å². The highest BCUT2D eigenvalue weighted by Gasteiger charge is 2.40. The third-order valence-electron chi connectivity index (χ3n) is 2.91. The largest absolute Gasteiger partial charge is 0.496 e. The Bertz CT molecular complexity index is 476. The molecule has 1 atom stereocenters. The van der Waals surface area contributed by atoms with Gasteiger partial charge >= 0.3 is 7.12 Å². The first-order chi connectivity index (χ1) is 9.13. The van der Waals surface area contributed by atoms with E-state index in [1.54, 1.807) is 18.2 Å². The summed E-state index contributed by atoms with van der Waals surface area (Å²) >= 11 is 0. The first-order valence-electron chi connectivity index (χ1n) is 6.04. The summed E-state index contributed by atoms with van der Waals surface area (Å²) in [4.78, 5) is 10.1. The van der Waals surface area contributed by atoms with E-state index < -0.39 is 18.1 Å². The number of ether oxygens (including phenoxy) is 1. The van der Waals surface area contributed by atoms with Crippen molar-refractivity contribution in [3.05, 3.63) is 33.9 Å². The van der Waals surface area contributed by atoms with Gasteiger partial charge in [-0.1, -0.05) is 12.1 Å². The van der Waals surface area contributed by atoms with Crippen LogP contribution in [-0.4, -0.2) is 36.8 Å². The van der Waals surface area contributed by atoms with Crippen molar-refractivity contribution >= 4 is 25.0 Å². The summed E-state index contributed by atoms with van der Waals surface area (Å²) in [5.74, 6) is 0.490. The standard InChI is InChI=1S/C11H15BN2O5.ClH/c13-5-2-6-18-9-4-1-3-8-10(7-14(16)17)19-12(15)11(8)9;/h1,3-4,10,15H,2,5-7,13H2;1H/t10-;/m1./s1. The van der Waals surface area contributed by atoms with Crippen molar-refractivity contribution in [2.24, 2.45) is 5.73 Å². The van der Waals surface area contributed by atoms with Gasteiger partial charge in [-0.2, -0.15) is 0 Å². The van der Waals surface area contributed by atoms with Gasteiger partial charge in [-0.3, -0.25) is 10.1 Å². The second-order valence-electron chi connectivity index (χ2n) is 4.24. The van der Waals surface area contributed by atoms with E-state index in [1.807, 2.05) is 0 Å². The second-order valence-corrected chi connectivity index (χ2v) is 4.24. The summed E-state index contributed by atoms with van der Waals surface area (Å²) < 4.78 is 10.7. The smallest absolute Gasteiger partial charge is 0.494 e. The Morgan fingerprint density at radius 1 is 1.55 bits per heavy atom. The number of hydrogen-bond acceptors (Lipinski definition) is 6. The first kappa shape index (κ1) is 16.7. The average Bonchev–Trinajstić information content (AvgIpc) is 2.67. The van der Waals surface area contributed by atoms with Gasteiger partial charge in [-0.15, -0.1) is 12.4 Å². The Labute approximate surface area is 122 Å². The van der Waals surface area contributed by atoms with Gasteiger partial charge in [-0.25, -0.2) is 0 Å². The van der Waals surface area contributed by atoms with Gasteiger partial charge in [-0.05, 0) is 24.6 Å². The minimum Gasteiger partial charge on any atom is -0.494 e. The topological polar surface area (TPSA) is 108 Å². The lowest BCUT2D eigenvalue weighted by Crippen LogP contribution is -2.30. The Morgan fingerprint density at radius 3 is 2.95 bits per heavy atom. The molecule has 7 nitrogen and oxygen atoms in total. The fraction of sp³-hybridized carbons (Fsp3) is 0.455. The molecule has 2 rings (SSSR count). The molecule has 0 aliphatic carbocycles. The van der Waals surface area contributed by atoms with E-state index in [0.717, 1.165) is 0 Å². The van der Waals surface area contributed by atoms with E-state index in [-0.39, 0.29) is 19.0 Å². The van der Waals surface area contributed by atoms with E-state index in [1.165, 1.54) is 0 Å². The number of rotatable bonds is 6. The molecule has 0 radical (unpaired) electrons. The van der Waals surface area contributed by atoms with Crippen molar-refractivity contribution in [3.8, 4) is 5.75 Å². The van der Waals surface area contributed by atoms with Crippen molar-refractivity contribution in [3.63, 3.8) is 0 Å². The molecule has 1 heterocycles. The summed E-state index contributed by atoms with van der Waals surface area (Å²) in [6.45, 7) is 0.563. The van der Waals surface area contributed by atoms with Crippen LogP contribution in [0.25, 0.3) is 0 Å². The Hall–Kier alpha value is -1.35. The molecular weight excluding hydrogens is 286 g/mol. The van der Waals surface area contributed by atoms with Gasteiger partial charge in [0.25, 0.3) is 0 Å². The van der Waals surface area contributed by atoms with Crippen LogP contribution in [0, 0.1) is 10.1 Å². The van der Waals surface area contributed by atoms with Crippen LogP contribution < -0.4 is 15.9 Å². The third kappa shape index (κ3) is 3.60. The second kappa shape index (κ2) is 7.44. The molecule has 0 unspecified atom stereocenters. The molecule has 0 aromatic heterocycles. The van der Waals surface area contributed by atoms with Crippen LogP contribution >= 0.6 is 12.4 Å². The summed E-state index contributed by atoms with van der Waals surface area (Å²) in [6, 6.07) is 5.14. The van der Waals surface area contributed by atoms with E-state index in [0.29, 0.717) is 36.3 Å². The summed E-state index contributed by atoms with van der Waals surface area (Å²) in [5.41, 5.74) is 6.46. The molecule has 1 aromatic rings. The van der Waals surface area contributed by atoms with Crippen molar-refractivity contribution < 1.29 is 19.3 Å². The highest BCUT2D eigenvalue weighted by atomic mass is 35.5. The Kier molecular flexibility index (Phi) is 6.22. The van der Waals surface area contributed by atoms with Gasteiger partial charge in [0.15, 0.2) is 0 Å². The van der Waals surface area contributed by atoms with Gasteiger partial charge in [0.2, 0.25) is 6.54 Å². The van der Waals surface area contributed by atoms with Gasteiger partial charge < -0.3 is 20.1 Å². The Balaban J connectivity index is 0.00000200. The molecule has 9 heteroatoms. The predicted octanol–water partition coefficient (Wildman–Crippen LogP) is -0.128.